The van der Waals surface area contributed by atoms with E-state index in [9.17, 15) is 27.9 Å². The minimum atomic E-state index is -5.05. The number of ether oxygens (including phenoxy) is 2. The Bertz CT molecular complexity index is 618. The Kier molecular flexibility index (Phi) is 5.59. The van der Waals surface area contributed by atoms with Gasteiger partial charge in [-0.05, 0) is 56.9 Å². The monoisotopic (exact) mass is 359 g/mol. The Morgan fingerprint density at radius 3 is 2.24 bits per heavy atom. The second kappa shape index (κ2) is 7.33. The van der Waals surface area contributed by atoms with E-state index < -0.39 is 30.6 Å². The SMILES string of the molecule is CC1(Oc2ccc(C(=O)OCC(C(=O)[O-])C(F)(F)F)cc2)CCCC1. The summed E-state index contributed by atoms with van der Waals surface area (Å²) in [4.78, 5) is 22.3. The summed E-state index contributed by atoms with van der Waals surface area (Å²) in [6.45, 7) is 0.667. The van der Waals surface area contributed by atoms with Gasteiger partial charge in [0, 0.05) is 0 Å². The van der Waals surface area contributed by atoms with Gasteiger partial charge in [-0.1, -0.05) is 0 Å². The van der Waals surface area contributed by atoms with E-state index in [0.29, 0.717) is 5.75 Å². The van der Waals surface area contributed by atoms with E-state index in [1.165, 1.54) is 24.3 Å². The number of esters is 1. The molecule has 5 nitrogen and oxygen atoms in total. The van der Waals surface area contributed by atoms with Gasteiger partial charge >= 0.3 is 12.1 Å². The average Bonchev–Trinajstić information content (AvgIpc) is 2.92. The topological polar surface area (TPSA) is 75.7 Å². The number of carbonyl (C=O) groups excluding carboxylic acids is 2. The lowest BCUT2D eigenvalue weighted by Gasteiger charge is -2.25. The molecule has 25 heavy (non-hydrogen) atoms. The Morgan fingerprint density at radius 1 is 1.20 bits per heavy atom. The number of rotatable bonds is 6. The summed E-state index contributed by atoms with van der Waals surface area (Å²) in [5, 5.41) is 10.5. The quantitative estimate of drug-likeness (QED) is 0.730. The second-order valence-electron chi connectivity index (χ2n) is 6.30. The van der Waals surface area contributed by atoms with Crippen molar-refractivity contribution in [3.8, 4) is 5.75 Å². The van der Waals surface area contributed by atoms with E-state index in [2.05, 4.69) is 4.74 Å². The van der Waals surface area contributed by atoms with Crippen LogP contribution in [0.15, 0.2) is 24.3 Å². The zero-order valence-corrected chi connectivity index (χ0v) is 13.6. The highest BCUT2D eigenvalue weighted by atomic mass is 19.4. The highest BCUT2D eigenvalue weighted by Gasteiger charge is 2.41. The molecule has 0 amide bonds. The van der Waals surface area contributed by atoms with Gasteiger partial charge in [-0.2, -0.15) is 13.2 Å². The molecule has 1 aliphatic carbocycles. The van der Waals surface area contributed by atoms with Crippen molar-refractivity contribution in [1.82, 2.24) is 0 Å². The molecule has 8 heteroatoms. The van der Waals surface area contributed by atoms with Gasteiger partial charge in [0.15, 0.2) is 0 Å². The maximum absolute atomic E-state index is 12.5. The first-order valence-corrected chi connectivity index (χ1v) is 7.84. The van der Waals surface area contributed by atoms with Crippen LogP contribution in [0, 0.1) is 5.92 Å². The Balaban J connectivity index is 1.95. The van der Waals surface area contributed by atoms with Crippen molar-refractivity contribution in [1.29, 1.82) is 0 Å². The van der Waals surface area contributed by atoms with E-state index >= 15 is 0 Å². The van der Waals surface area contributed by atoms with Crippen LogP contribution in [0.25, 0.3) is 0 Å². The van der Waals surface area contributed by atoms with Gasteiger partial charge in [0.2, 0.25) is 0 Å². The second-order valence-corrected chi connectivity index (χ2v) is 6.30. The summed E-state index contributed by atoms with van der Waals surface area (Å²) in [5.74, 6) is -5.70. The number of carbonyl (C=O) groups is 2. The normalized spacial score (nSPS) is 17.8. The summed E-state index contributed by atoms with van der Waals surface area (Å²) in [5.41, 5.74) is -0.251. The van der Waals surface area contributed by atoms with Gasteiger partial charge < -0.3 is 19.4 Å². The number of hydrogen-bond donors (Lipinski definition) is 0. The summed E-state index contributed by atoms with van der Waals surface area (Å²) in [6.07, 6.45) is -1.02. The van der Waals surface area contributed by atoms with Gasteiger partial charge in [0.1, 0.15) is 23.9 Å². The van der Waals surface area contributed by atoms with E-state index in [-0.39, 0.29) is 11.2 Å². The van der Waals surface area contributed by atoms with Crippen molar-refractivity contribution in [3.05, 3.63) is 29.8 Å². The molecular weight excluding hydrogens is 341 g/mol. The van der Waals surface area contributed by atoms with Crippen LogP contribution in [-0.2, 0) is 9.53 Å². The standard InChI is InChI=1S/C17H19F3O5/c1-16(8-2-3-9-16)25-12-6-4-11(5-7-12)15(23)24-10-13(14(21)22)17(18,19)20/h4-7,13H,2-3,8-10H2,1H3,(H,21,22)/p-1. The number of carboxylic acids is 1. The van der Waals surface area contributed by atoms with Crippen molar-refractivity contribution in [3.63, 3.8) is 0 Å². The Labute approximate surface area is 142 Å². The van der Waals surface area contributed by atoms with E-state index in [0.717, 1.165) is 25.7 Å². The predicted octanol–water partition coefficient (Wildman–Crippen LogP) is 2.48. The van der Waals surface area contributed by atoms with Gasteiger partial charge in [-0.25, -0.2) is 4.79 Å². The number of carboxylic acid groups (broad SMARTS) is 1. The largest absolute Gasteiger partial charge is 0.549 e. The highest BCUT2D eigenvalue weighted by Crippen LogP contribution is 2.34. The van der Waals surface area contributed by atoms with E-state index in [4.69, 9.17) is 4.74 Å². The molecule has 1 atom stereocenters. The minimum absolute atomic E-state index is 0.00296. The molecule has 0 heterocycles. The summed E-state index contributed by atoms with van der Waals surface area (Å²) >= 11 is 0. The molecule has 0 saturated heterocycles. The molecule has 1 fully saturated rings. The van der Waals surface area contributed by atoms with Gasteiger partial charge in [0.25, 0.3) is 0 Å². The molecule has 1 aromatic rings. The lowest BCUT2D eigenvalue weighted by Crippen LogP contribution is -2.43. The van der Waals surface area contributed by atoms with Gasteiger partial charge in [-0.15, -0.1) is 0 Å². The first-order valence-electron chi connectivity index (χ1n) is 7.84. The van der Waals surface area contributed by atoms with Crippen molar-refractivity contribution in [2.24, 2.45) is 5.92 Å². The molecule has 0 bridgehead atoms. The number of halogens is 3. The van der Waals surface area contributed by atoms with Crippen LogP contribution in [0.4, 0.5) is 13.2 Å². The number of aliphatic carboxylic acids is 1. The van der Waals surface area contributed by atoms with Crippen LogP contribution in [0.1, 0.15) is 43.0 Å². The zero-order chi connectivity index (χ0) is 18.7. The maximum Gasteiger partial charge on any atom is 0.400 e. The van der Waals surface area contributed by atoms with Crippen molar-refractivity contribution >= 4 is 11.9 Å². The highest BCUT2D eigenvalue weighted by molar-refractivity contribution is 5.89. The fourth-order valence-electron chi connectivity index (χ4n) is 2.71. The summed E-state index contributed by atoms with van der Waals surface area (Å²) < 4.78 is 47.8. The molecule has 0 aliphatic heterocycles. The molecule has 1 aliphatic rings. The van der Waals surface area contributed by atoms with Crippen LogP contribution in [0.2, 0.25) is 0 Å². The molecule has 0 spiro atoms. The predicted molar refractivity (Wildman–Crippen MR) is 78.8 cm³/mol. The molecule has 0 N–H and O–H groups in total. The van der Waals surface area contributed by atoms with Gasteiger partial charge in [0.05, 0.1) is 11.5 Å². The van der Waals surface area contributed by atoms with Crippen LogP contribution < -0.4 is 9.84 Å². The number of hydrogen-bond acceptors (Lipinski definition) is 5. The molecule has 1 saturated carbocycles. The third kappa shape index (κ3) is 5.11. The van der Waals surface area contributed by atoms with Crippen LogP contribution in [0.5, 0.6) is 5.75 Å². The van der Waals surface area contributed by atoms with E-state index in [1.54, 1.807) is 0 Å². The fraction of sp³-hybridized carbons (Fsp3) is 0.529. The van der Waals surface area contributed by atoms with Crippen LogP contribution >= 0.6 is 0 Å². The minimum Gasteiger partial charge on any atom is -0.549 e. The third-order valence-corrected chi connectivity index (χ3v) is 4.18. The molecule has 1 aromatic carbocycles. The zero-order valence-electron chi connectivity index (χ0n) is 13.6. The van der Waals surface area contributed by atoms with Crippen molar-refractivity contribution in [2.45, 2.75) is 44.4 Å². The Morgan fingerprint density at radius 2 is 1.76 bits per heavy atom. The van der Waals surface area contributed by atoms with Gasteiger partial charge in [-0.3, -0.25) is 0 Å². The molecule has 2 rings (SSSR count). The first-order chi connectivity index (χ1) is 11.6. The molecule has 0 radical (unpaired) electrons. The average molecular weight is 359 g/mol. The lowest BCUT2D eigenvalue weighted by atomic mass is 10.1. The van der Waals surface area contributed by atoms with Crippen molar-refractivity contribution < 1.29 is 37.3 Å². The number of benzene rings is 1. The van der Waals surface area contributed by atoms with Crippen molar-refractivity contribution in [2.75, 3.05) is 6.61 Å². The van der Waals surface area contributed by atoms with E-state index in [1.807, 2.05) is 6.92 Å². The number of alkyl halides is 3. The molecular formula is C17H18F3O5-. The smallest absolute Gasteiger partial charge is 0.400 e. The van der Waals surface area contributed by atoms with Crippen LogP contribution in [-0.4, -0.2) is 30.3 Å². The Hall–Kier alpha value is -2.25. The fourth-order valence-corrected chi connectivity index (χ4v) is 2.71. The summed E-state index contributed by atoms with van der Waals surface area (Å²) in [6, 6.07) is 5.77. The van der Waals surface area contributed by atoms with Crippen LogP contribution in [0.3, 0.4) is 0 Å². The lowest BCUT2D eigenvalue weighted by molar-refractivity contribution is -0.327. The molecule has 1 unspecified atom stereocenters. The molecule has 138 valence electrons. The summed E-state index contributed by atoms with van der Waals surface area (Å²) in [7, 11) is 0. The third-order valence-electron chi connectivity index (χ3n) is 4.18. The maximum atomic E-state index is 12.5. The molecule has 0 aromatic heterocycles. The first kappa shape index (κ1) is 19.1.